The van der Waals surface area contributed by atoms with Crippen molar-refractivity contribution in [2.75, 3.05) is 0 Å². The SMILES string of the molecule is CC(C)C(NC(=O)C(Cc1ccc(O)cc1)NC(=O)C(CC(=O)O)NC(=O)C(N)CCC(N)=O)C(=O)O. The highest BCUT2D eigenvalue weighted by Crippen LogP contribution is 2.12. The Morgan fingerprint density at radius 3 is 1.89 bits per heavy atom. The summed E-state index contributed by atoms with van der Waals surface area (Å²) in [7, 11) is 0. The zero-order chi connectivity index (χ0) is 28.3. The maximum atomic E-state index is 13.0. The molecule has 14 nitrogen and oxygen atoms in total. The second kappa shape index (κ2) is 14.4. The van der Waals surface area contributed by atoms with Gasteiger partial charge in [-0.15, -0.1) is 0 Å². The molecule has 4 amide bonds. The highest BCUT2D eigenvalue weighted by atomic mass is 16.4. The van der Waals surface area contributed by atoms with Gasteiger partial charge >= 0.3 is 11.9 Å². The number of phenolic OH excluding ortho intramolecular Hbond substituents is 1. The van der Waals surface area contributed by atoms with Crippen LogP contribution in [0.15, 0.2) is 24.3 Å². The van der Waals surface area contributed by atoms with E-state index in [1.807, 2.05) is 0 Å². The molecule has 10 N–H and O–H groups in total. The lowest BCUT2D eigenvalue weighted by atomic mass is 10.0. The Bertz CT molecular complexity index is 997. The van der Waals surface area contributed by atoms with Crippen molar-refractivity contribution in [2.24, 2.45) is 17.4 Å². The second-order valence-corrected chi connectivity index (χ2v) is 8.77. The van der Waals surface area contributed by atoms with Gasteiger partial charge in [0, 0.05) is 12.8 Å². The van der Waals surface area contributed by atoms with Crippen LogP contribution in [-0.4, -0.2) is 75.1 Å². The molecule has 0 bridgehead atoms. The van der Waals surface area contributed by atoms with Gasteiger partial charge in [0.05, 0.1) is 12.5 Å². The van der Waals surface area contributed by atoms with Gasteiger partial charge in [0.2, 0.25) is 23.6 Å². The smallest absolute Gasteiger partial charge is 0.326 e. The first-order valence-corrected chi connectivity index (χ1v) is 11.4. The number of carbonyl (C=O) groups is 6. The zero-order valence-corrected chi connectivity index (χ0v) is 20.5. The summed E-state index contributed by atoms with van der Waals surface area (Å²) in [4.78, 5) is 72.1. The van der Waals surface area contributed by atoms with E-state index in [1.54, 1.807) is 13.8 Å². The molecule has 0 aliphatic carbocycles. The summed E-state index contributed by atoms with van der Waals surface area (Å²) in [6, 6.07) is 0.122. The number of phenols is 1. The quantitative estimate of drug-likeness (QED) is 0.128. The van der Waals surface area contributed by atoms with Crippen molar-refractivity contribution < 1.29 is 44.1 Å². The third kappa shape index (κ3) is 10.9. The van der Waals surface area contributed by atoms with Crippen LogP contribution in [0.4, 0.5) is 0 Å². The maximum Gasteiger partial charge on any atom is 0.326 e. The van der Waals surface area contributed by atoms with E-state index in [4.69, 9.17) is 11.5 Å². The van der Waals surface area contributed by atoms with Gasteiger partial charge in [-0.25, -0.2) is 4.79 Å². The topological polar surface area (TPSA) is 251 Å². The van der Waals surface area contributed by atoms with Crippen LogP contribution in [0.25, 0.3) is 0 Å². The minimum atomic E-state index is -1.64. The molecule has 4 unspecified atom stereocenters. The number of aromatic hydroxyl groups is 1. The fourth-order valence-corrected chi connectivity index (χ4v) is 3.21. The van der Waals surface area contributed by atoms with Crippen LogP contribution >= 0.6 is 0 Å². The highest BCUT2D eigenvalue weighted by Gasteiger charge is 2.32. The molecule has 0 heterocycles. The second-order valence-electron chi connectivity index (χ2n) is 8.77. The average molecular weight is 524 g/mol. The normalized spacial score (nSPS) is 14.1. The van der Waals surface area contributed by atoms with E-state index < -0.39 is 72.1 Å². The lowest BCUT2D eigenvalue weighted by Gasteiger charge is -2.25. The number of carboxylic acid groups (broad SMARTS) is 2. The molecule has 1 rings (SSSR count). The van der Waals surface area contributed by atoms with Gasteiger partial charge in [-0.1, -0.05) is 26.0 Å². The minimum Gasteiger partial charge on any atom is -0.508 e. The van der Waals surface area contributed by atoms with Crippen LogP contribution < -0.4 is 27.4 Å². The van der Waals surface area contributed by atoms with Crippen molar-refractivity contribution in [1.82, 2.24) is 16.0 Å². The standard InChI is InChI=1S/C23H33N5O9/c1-11(2)19(23(36)37)28-22(35)15(9-12-3-5-13(29)6-4-12)27-21(34)16(10-18(31)32)26-20(33)14(24)7-8-17(25)30/h3-6,11,14-16,19,29H,7-10,24H2,1-2H3,(H2,25,30)(H,26,33)(H,27,34)(H,28,35)(H,31,32)(H,36,37). The Kier molecular flexibility index (Phi) is 12.0. The first kappa shape index (κ1) is 30.8. The summed E-state index contributed by atoms with van der Waals surface area (Å²) in [6.45, 7) is 3.15. The number of nitrogens with two attached hydrogens (primary N) is 2. The number of benzene rings is 1. The lowest BCUT2D eigenvalue weighted by molar-refractivity contribution is -0.144. The van der Waals surface area contributed by atoms with Crippen molar-refractivity contribution in [2.45, 2.75) is 63.7 Å². The van der Waals surface area contributed by atoms with Gasteiger partial charge in [-0.2, -0.15) is 0 Å². The number of carbonyl (C=O) groups excluding carboxylic acids is 4. The minimum absolute atomic E-state index is 0.0450. The molecule has 1 aromatic carbocycles. The first-order valence-electron chi connectivity index (χ1n) is 11.4. The van der Waals surface area contributed by atoms with E-state index in [1.165, 1.54) is 24.3 Å². The number of hydrogen-bond donors (Lipinski definition) is 8. The van der Waals surface area contributed by atoms with Crippen LogP contribution in [0.2, 0.25) is 0 Å². The van der Waals surface area contributed by atoms with E-state index in [0.717, 1.165) is 0 Å². The fraction of sp³-hybridized carbons (Fsp3) is 0.478. The van der Waals surface area contributed by atoms with Crippen molar-refractivity contribution in [1.29, 1.82) is 0 Å². The molecule has 0 radical (unpaired) electrons. The molecule has 1 aromatic rings. The number of hydrogen-bond acceptors (Lipinski definition) is 8. The molecular weight excluding hydrogens is 490 g/mol. The molecule has 0 aromatic heterocycles. The molecule has 37 heavy (non-hydrogen) atoms. The molecule has 0 spiro atoms. The van der Waals surface area contributed by atoms with Crippen molar-refractivity contribution in [3.63, 3.8) is 0 Å². The van der Waals surface area contributed by atoms with Crippen molar-refractivity contribution >= 4 is 35.6 Å². The van der Waals surface area contributed by atoms with Crippen LogP contribution in [0.5, 0.6) is 5.75 Å². The van der Waals surface area contributed by atoms with Crippen molar-refractivity contribution in [3.8, 4) is 5.75 Å². The monoisotopic (exact) mass is 523 g/mol. The molecular formula is C23H33N5O9. The molecule has 204 valence electrons. The Hall–Kier alpha value is -4.20. The molecule has 0 saturated carbocycles. The predicted molar refractivity (Wildman–Crippen MR) is 129 cm³/mol. The predicted octanol–water partition coefficient (Wildman–Crippen LogP) is -1.80. The van der Waals surface area contributed by atoms with Gasteiger partial charge in [-0.3, -0.25) is 24.0 Å². The Balaban J connectivity index is 3.14. The van der Waals surface area contributed by atoms with E-state index in [9.17, 15) is 44.1 Å². The van der Waals surface area contributed by atoms with Gasteiger partial charge in [0.15, 0.2) is 0 Å². The van der Waals surface area contributed by atoms with Gasteiger partial charge in [-0.05, 0) is 30.0 Å². The molecule has 14 heteroatoms. The molecule has 4 atom stereocenters. The van der Waals surface area contributed by atoms with E-state index in [-0.39, 0.29) is 25.0 Å². The first-order chi connectivity index (χ1) is 17.2. The number of primary amides is 1. The summed E-state index contributed by atoms with van der Waals surface area (Å²) >= 11 is 0. The van der Waals surface area contributed by atoms with E-state index in [2.05, 4.69) is 16.0 Å². The Labute approximate surface area is 212 Å². The van der Waals surface area contributed by atoms with Gasteiger partial charge in [0.25, 0.3) is 0 Å². The third-order valence-corrected chi connectivity index (χ3v) is 5.29. The summed E-state index contributed by atoms with van der Waals surface area (Å²) in [5, 5.41) is 35.0. The van der Waals surface area contributed by atoms with Crippen LogP contribution in [0, 0.1) is 5.92 Å². The molecule has 0 saturated heterocycles. The largest absolute Gasteiger partial charge is 0.508 e. The summed E-state index contributed by atoms with van der Waals surface area (Å²) < 4.78 is 0. The molecule has 0 aliphatic rings. The zero-order valence-electron chi connectivity index (χ0n) is 20.5. The highest BCUT2D eigenvalue weighted by molar-refractivity contribution is 5.95. The number of carboxylic acids is 2. The Morgan fingerprint density at radius 1 is 0.865 bits per heavy atom. The Morgan fingerprint density at radius 2 is 1.41 bits per heavy atom. The number of aliphatic carboxylic acids is 2. The molecule has 0 aliphatic heterocycles. The average Bonchev–Trinajstić information content (AvgIpc) is 2.80. The van der Waals surface area contributed by atoms with Gasteiger partial charge < -0.3 is 42.7 Å². The summed E-state index contributed by atoms with van der Waals surface area (Å²) in [5.74, 6) is -6.77. The summed E-state index contributed by atoms with van der Waals surface area (Å²) in [5.41, 5.74) is 11.2. The third-order valence-electron chi connectivity index (χ3n) is 5.29. The fourth-order valence-electron chi connectivity index (χ4n) is 3.21. The van der Waals surface area contributed by atoms with E-state index in [0.29, 0.717) is 5.56 Å². The van der Waals surface area contributed by atoms with Crippen LogP contribution in [0.3, 0.4) is 0 Å². The van der Waals surface area contributed by atoms with Crippen LogP contribution in [0.1, 0.15) is 38.7 Å². The molecule has 0 fully saturated rings. The summed E-state index contributed by atoms with van der Waals surface area (Å²) in [6.07, 6.45) is -1.34. The number of amides is 4. The lowest BCUT2D eigenvalue weighted by Crippen LogP contribution is -2.58. The van der Waals surface area contributed by atoms with Crippen molar-refractivity contribution in [3.05, 3.63) is 29.8 Å². The van der Waals surface area contributed by atoms with Gasteiger partial charge in [0.1, 0.15) is 23.9 Å². The van der Waals surface area contributed by atoms with Crippen LogP contribution in [-0.2, 0) is 35.2 Å². The van der Waals surface area contributed by atoms with E-state index >= 15 is 0 Å². The number of nitrogens with one attached hydrogen (secondary N) is 3. The maximum absolute atomic E-state index is 13.0. The number of rotatable bonds is 15.